The van der Waals surface area contributed by atoms with Crippen LogP contribution in [0.15, 0.2) is 0 Å². The van der Waals surface area contributed by atoms with E-state index in [9.17, 15) is 14.7 Å². The molecule has 1 fully saturated rings. The fourth-order valence-electron chi connectivity index (χ4n) is 2.12. The molecule has 5 nitrogen and oxygen atoms in total. The zero-order valence-electron chi connectivity index (χ0n) is 11.3. The standard InChI is InChI=1S/C13H23NO4/c1-3-4-8-18-9-11(15)14-7-5-6-13(2,10-14)12(16)17/h3-10H2,1-2H3,(H,16,17). The molecule has 0 bridgehead atoms. The highest BCUT2D eigenvalue weighted by atomic mass is 16.5. The van der Waals surface area contributed by atoms with E-state index in [1.807, 2.05) is 0 Å². The summed E-state index contributed by atoms with van der Waals surface area (Å²) in [6.07, 6.45) is 3.35. The Morgan fingerprint density at radius 1 is 1.44 bits per heavy atom. The van der Waals surface area contributed by atoms with E-state index < -0.39 is 11.4 Å². The van der Waals surface area contributed by atoms with Gasteiger partial charge in [-0.25, -0.2) is 0 Å². The summed E-state index contributed by atoms with van der Waals surface area (Å²) in [6.45, 7) is 5.35. The molecule has 5 heteroatoms. The first kappa shape index (κ1) is 15.0. The lowest BCUT2D eigenvalue weighted by atomic mass is 9.82. The highest BCUT2D eigenvalue weighted by Gasteiger charge is 2.39. The fourth-order valence-corrected chi connectivity index (χ4v) is 2.12. The minimum absolute atomic E-state index is 0.0652. The third kappa shape index (κ3) is 3.98. The molecule has 0 radical (unpaired) electrons. The van der Waals surface area contributed by atoms with Gasteiger partial charge in [-0.15, -0.1) is 0 Å². The molecule has 1 rings (SSSR count). The van der Waals surface area contributed by atoms with E-state index in [-0.39, 0.29) is 19.1 Å². The summed E-state index contributed by atoms with van der Waals surface area (Å²) >= 11 is 0. The van der Waals surface area contributed by atoms with Crippen LogP contribution in [0.25, 0.3) is 0 Å². The zero-order chi connectivity index (χ0) is 13.6. The van der Waals surface area contributed by atoms with Crippen molar-refractivity contribution >= 4 is 11.9 Å². The molecule has 0 aromatic heterocycles. The van der Waals surface area contributed by atoms with Crippen molar-refractivity contribution in [2.75, 3.05) is 26.3 Å². The van der Waals surface area contributed by atoms with Gasteiger partial charge in [-0.05, 0) is 26.2 Å². The highest BCUT2D eigenvalue weighted by Crippen LogP contribution is 2.29. The van der Waals surface area contributed by atoms with Crippen molar-refractivity contribution in [3.8, 4) is 0 Å². The van der Waals surface area contributed by atoms with E-state index in [0.717, 1.165) is 19.3 Å². The number of likely N-dealkylation sites (tertiary alicyclic amines) is 1. The molecule has 1 aliphatic heterocycles. The molecule has 1 unspecified atom stereocenters. The minimum Gasteiger partial charge on any atom is -0.481 e. The maximum absolute atomic E-state index is 11.9. The lowest BCUT2D eigenvalue weighted by Crippen LogP contribution is -2.49. The summed E-state index contributed by atoms with van der Waals surface area (Å²) in [5, 5.41) is 9.17. The maximum atomic E-state index is 11.9. The van der Waals surface area contributed by atoms with Crippen molar-refractivity contribution in [2.24, 2.45) is 5.41 Å². The van der Waals surface area contributed by atoms with Gasteiger partial charge in [0.25, 0.3) is 0 Å². The average molecular weight is 257 g/mol. The number of carbonyl (C=O) groups is 2. The van der Waals surface area contributed by atoms with Crippen molar-refractivity contribution in [2.45, 2.75) is 39.5 Å². The molecule has 0 saturated carbocycles. The SMILES string of the molecule is CCCCOCC(=O)N1CCCC(C)(C(=O)O)C1. The van der Waals surface area contributed by atoms with E-state index in [2.05, 4.69) is 6.92 Å². The third-order valence-electron chi connectivity index (χ3n) is 3.43. The number of nitrogens with zero attached hydrogens (tertiary/aromatic N) is 1. The van der Waals surface area contributed by atoms with Crippen LogP contribution < -0.4 is 0 Å². The van der Waals surface area contributed by atoms with E-state index in [1.165, 1.54) is 0 Å². The van der Waals surface area contributed by atoms with Gasteiger partial charge in [0.2, 0.25) is 5.91 Å². The molecule has 1 N–H and O–H groups in total. The number of hydrogen-bond acceptors (Lipinski definition) is 3. The fraction of sp³-hybridized carbons (Fsp3) is 0.846. The van der Waals surface area contributed by atoms with Crippen LogP contribution in [0.5, 0.6) is 0 Å². The Hall–Kier alpha value is -1.10. The minimum atomic E-state index is -0.827. The Morgan fingerprint density at radius 3 is 2.78 bits per heavy atom. The number of ether oxygens (including phenoxy) is 1. The molecule has 1 atom stereocenters. The molecule has 1 saturated heterocycles. The lowest BCUT2D eigenvalue weighted by Gasteiger charge is -2.37. The number of carboxylic acids is 1. The second-order valence-electron chi connectivity index (χ2n) is 5.19. The number of carboxylic acid groups (broad SMARTS) is 1. The third-order valence-corrected chi connectivity index (χ3v) is 3.43. The van der Waals surface area contributed by atoms with Crippen LogP contribution >= 0.6 is 0 Å². The van der Waals surface area contributed by atoms with Crippen LogP contribution in [-0.2, 0) is 14.3 Å². The maximum Gasteiger partial charge on any atom is 0.311 e. The number of hydrogen-bond donors (Lipinski definition) is 1. The molecule has 18 heavy (non-hydrogen) atoms. The molecule has 0 aromatic carbocycles. The quantitative estimate of drug-likeness (QED) is 0.732. The first-order valence-corrected chi connectivity index (χ1v) is 6.58. The Bertz CT molecular complexity index is 305. The van der Waals surface area contributed by atoms with Crippen LogP contribution in [-0.4, -0.2) is 48.2 Å². The summed E-state index contributed by atoms with van der Waals surface area (Å²) in [4.78, 5) is 24.7. The van der Waals surface area contributed by atoms with Crippen molar-refractivity contribution in [1.82, 2.24) is 4.90 Å². The second-order valence-corrected chi connectivity index (χ2v) is 5.19. The molecule has 0 aliphatic carbocycles. The molecule has 0 spiro atoms. The summed E-state index contributed by atoms with van der Waals surface area (Å²) in [6, 6.07) is 0. The van der Waals surface area contributed by atoms with Gasteiger partial charge in [-0.2, -0.15) is 0 Å². The van der Waals surface area contributed by atoms with E-state index in [1.54, 1.807) is 11.8 Å². The number of carbonyl (C=O) groups excluding carboxylic acids is 1. The van der Waals surface area contributed by atoms with Crippen LogP contribution in [0.4, 0.5) is 0 Å². The van der Waals surface area contributed by atoms with Gasteiger partial charge in [-0.3, -0.25) is 9.59 Å². The Kier molecular flexibility index (Phi) is 5.59. The summed E-state index contributed by atoms with van der Waals surface area (Å²) in [5.41, 5.74) is -0.808. The van der Waals surface area contributed by atoms with E-state index in [4.69, 9.17) is 4.74 Å². The Labute approximate surface area is 108 Å². The summed E-state index contributed by atoms with van der Waals surface area (Å²) in [5.74, 6) is -0.926. The molecule has 0 aromatic rings. The summed E-state index contributed by atoms with van der Waals surface area (Å²) < 4.78 is 5.28. The van der Waals surface area contributed by atoms with Gasteiger partial charge in [0, 0.05) is 19.7 Å². The van der Waals surface area contributed by atoms with Crippen molar-refractivity contribution in [1.29, 1.82) is 0 Å². The van der Waals surface area contributed by atoms with Gasteiger partial charge in [-0.1, -0.05) is 13.3 Å². The van der Waals surface area contributed by atoms with Crippen LogP contribution in [0.3, 0.4) is 0 Å². The first-order valence-electron chi connectivity index (χ1n) is 6.58. The number of amides is 1. The van der Waals surface area contributed by atoms with Crippen molar-refractivity contribution < 1.29 is 19.4 Å². The molecular formula is C13H23NO4. The van der Waals surface area contributed by atoms with Crippen molar-refractivity contribution in [3.63, 3.8) is 0 Å². The molecular weight excluding hydrogens is 234 g/mol. The smallest absolute Gasteiger partial charge is 0.311 e. The van der Waals surface area contributed by atoms with Gasteiger partial charge < -0.3 is 14.7 Å². The van der Waals surface area contributed by atoms with E-state index >= 15 is 0 Å². The Morgan fingerprint density at radius 2 is 2.17 bits per heavy atom. The molecule has 104 valence electrons. The number of unbranched alkanes of at least 4 members (excludes halogenated alkanes) is 1. The van der Waals surface area contributed by atoms with Gasteiger partial charge in [0.15, 0.2) is 0 Å². The zero-order valence-corrected chi connectivity index (χ0v) is 11.3. The molecule has 1 amide bonds. The number of rotatable bonds is 6. The number of aliphatic carboxylic acids is 1. The molecule has 1 aliphatic rings. The molecule has 1 heterocycles. The average Bonchev–Trinajstić information content (AvgIpc) is 2.34. The van der Waals surface area contributed by atoms with Crippen LogP contribution in [0.1, 0.15) is 39.5 Å². The monoisotopic (exact) mass is 257 g/mol. The second kappa shape index (κ2) is 6.73. The van der Waals surface area contributed by atoms with Gasteiger partial charge in [0.1, 0.15) is 6.61 Å². The van der Waals surface area contributed by atoms with Gasteiger partial charge in [0.05, 0.1) is 5.41 Å². The van der Waals surface area contributed by atoms with Gasteiger partial charge >= 0.3 is 5.97 Å². The van der Waals surface area contributed by atoms with Crippen LogP contribution in [0, 0.1) is 5.41 Å². The van der Waals surface area contributed by atoms with Crippen molar-refractivity contribution in [3.05, 3.63) is 0 Å². The lowest BCUT2D eigenvalue weighted by molar-refractivity contribution is -0.154. The summed E-state index contributed by atoms with van der Waals surface area (Å²) in [7, 11) is 0. The predicted octanol–water partition coefficient (Wildman–Crippen LogP) is 1.52. The first-order chi connectivity index (χ1) is 8.49. The topological polar surface area (TPSA) is 66.8 Å². The van der Waals surface area contributed by atoms with Crippen LogP contribution in [0.2, 0.25) is 0 Å². The van der Waals surface area contributed by atoms with E-state index in [0.29, 0.717) is 19.6 Å². The highest BCUT2D eigenvalue weighted by molar-refractivity contribution is 5.80. The Balaban J connectivity index is 2.41. The largest absolute Gasteiger partial charge is 0.481 e. The number of piperidine rings is 1. The predicted molar refractivity (Wildman–Crippen MR) is 67.3 cm³/mol. The normalized spacial score (nSPS) is 24.0.